The topological polar surface area (TPSA) is 3.24 Å². The molecule has 6 aromatic rings. The Morgan fingerprint density at radius 1 is 0.535 bits per heavy atom. The van der Waals surface area contributed by atoms with Crippen molar-refractivity contribution < 1.29 is 4.39 Å². The molecule has 0 fully saturated rings. The van der Waals surface area contributed by atoms with Crippen molar-refractivity contribution in [2.24, 2.45) is 0 Å². The maximum atomic E-state index is 14.4. The van der Waals surface area contributed by atoms with Crippen LogP contribution in [0.25, 0.3) is 39.0 Å². The van der Waals surface area contributed by atoms with E-state index in [-0.39, 0.29) is 11.2 Å². The van der Waals surface area contributed by atoms with E-state index in [0.717, 1.165) is 44.9 Å². The summed E-state index contributed by atoms with van der Waals surface area (Å²) in [5.74, 6) is -0.247. The van der Waals surface area contributed by atoms with E-state index in [1.807, 2.05) is 12.1 Å². The molecule has 0 N–H and O–H groups in total. The molecule has 6 aromatic carbocycles. The van der Waals surface area contributed by atoms with Crippen LogP contribution in [-0.4, -0.2) is 0 Å². The van der Waals surface area contributed by atoms with E-state index in [4.69, 9.17) is 0 Å². The van der Waals surface area contributed by atoms with Crippen LogP contribution in [0.15, 0.2) is 140 Å². The molecule has 0 bridgehead atoms. The predicted molar refractivity (Wildman–Crippen MR) is 178 cm³/mol. The average molecular weight is 556 g/mol. The summed E-state index contributed by atoms with van der Waals surface area (Å²) in [6, 6.07) is 46.2. The number of hydrogen-bond acceptors (Lipinski definition) is 1. The quantitative estimate of drug-likeness (QED) is 0.209. The minimum absolute atomic E-state index is 0.124. The average Bonchev–Trinajstić information content (AvgIpc) is 3.45. The first-order valence-corrected chi connectivity index (χ1v) is 14.7. The van der Waals surface area contributed by atoms with E-state index in [1.165, 1.54) is 39.4 Å². The van der Waals surface area contributed by atoms with E-state index >= 15 is 0 Å². The number of halogens is 1. The molecule has 206 valence electrons. The summed E-state index contributed by atoms with van der Waals surface area (Å²) in [5.41, 5.74) is 15.5. The molecule has 0 radical (unpaired) electrons. The smallest absolute Gasteiger partial charge is 0.123 e. The molecular weight excluding hydrogens is 525 g/mol. The zero-order valence-electron chi connectivity index (χ0n) is 24.2. The van der Waals surface area contributed by atoms with Gasteiger partial charge in [0.25, 0.3) is 0 Å². The van der Waals surface area contributed by atoms with Crippen molar-refractivity contribution in [3.05, 3.63) is 168 Å². The van der Waals surface area contributed by atoms with Gasteiger partial charge in [0.15, 0.2) is 0 Å². The van der Waals surface area contributed by atoms with Crippen molar-refractivity contribution in [1.29, 1.82) is 0 Å². The number of hydrogen-bond donors (Lipinski definition) is 0. The number of nitrogens with zero attached hydrogens (tertiary/aromatic N) is 1. The lowest BCUT2D eigenvalue weighted by Crippen LogP contribution is -2.17. The third-order valence-electron chi connectivity index (χ3n) is 9.24. The summed E-state index contributed by atoms with van der Waals surface area (Å²) in [7, 11) is 0. The minimum Gasteiger partial charge on any atom is -0.310 e. The highest BCUT2D eigenvalue weighted by Crippen LogP contribution is 2.53. The molecule has 0 heterocycles. The maximum absolute atomic E-state index is 14.4. The van der Waals surface area contributed by atoms with Gasteiger partial charge in [-0.2, -0.15) is 0 Å². The second-order valence-electron chi connectivity index (χ2n) is 12.0. The summed E-state index contributed by atoms with van der Waals surface area (Å²) in [4.78, 5) is 2.33. The Kier molecular flexibility index (Phi) is 5.58. The molecule has 2 aliphatic carbocycles. The summed E-state index contributed by atoms with van der Waals surface area (Å²) >= 11 is 0. The molecule has 43 heavy (non-hydrogen) atoms. The fraction of sp³-hybridized carbons (Fsp3) is 0.0732. The van der Waals surface area contributed by atoms with Gasteiger partial charge in [0.1, 0.15) is 5.82 Å². The molecule has 2 heteroatoms. The predicted octanol–water partition coefficient (Wildman–Crippen LogP) is 11.3. The second kappa shape index (κ2) is 9.40. The van der Waals surface area contributed by atoms with E-state index in [0.29, 0.717) is 0 Å². The molecule has 0 aliphatic heterocycles. The third kappa shape index (κ3) is 3.83. The molecule has 0 atom stereocenters. The molecule has 0 unspecified atom stereocenters. The molecule has 0 aromatic heterocycles. The Hall–Kier alpha value is -5.21. The standard InChI is InChI=1S/C41H30FN/c1-26-36-24-29(42)18-22-32(36)35-13-9-15-39(40(26)35)43(30-19-16-28(17-20-30)27-10-5-4-6-11-27)31-21-23-34-33-12-7-8-14-37(33)41(2,3)38(34)25-31/h4-25H,1H2,2-3H3. The number of benzene rings is 6. The second-order valence-corrected chi connectivity index (χ2v) is 12.0. The van der Waals surface area contributed by atoms with E-state index < -0.39 is 0 Å². The Balaban J connectivity index is 1.33. The normalized spacial score (nSPS) is 13.7. The third-order valence-corrected chi connectivity index (χ3v) is 9.24. The highest BCUT2D eigenvalue weighted by atomic mass is 19.1. The lowest BCUT2D eigenvalue weighted by Gasteiger charge is -2.30. The van der Waals surface area contributed by atoms with Crippen molar-refractivity contribution in [1.82, 2.24) is 0 Å². The molecule has 1 nitrogen and oxygen atoms in total. The summed E-state index contributed by atoms with van der Waals surface area (Å²) in [6.45, 7) is 9.10. The van der Waals surface area contributed by atoms with E-state index in [1.54, 1.807) is 6.07 Å². The molecule has 0 saturated carbocycles. The highest BCUT2D eigenvalue weighted by Gasteiger charge is 2.36. The summed E-state index contributed by atoms with van der Waals surface area (Å²) in [6.07, 6.45) is 0. The van der Waals surface area contributed by atoms with Crippen LogP contribution in [0.4, 0.5) is 21.5 Å². The van der Waals surface area contributed by atoms with Gasteiger partial charge in [-0.25, -0.2) is 4.39 Å². The van der Waals surface area contributed by atoms with Crippen LogP contribution in [-0.2, 0) is 5.41 Å². The highest BCUT2D eigenvalue weighted by molar-refractivity contribution is 6.06. The monoisotopic (exact) mass is 555 g/mol. The van der Waals surface area contributed by atoms with Gasteiger partial charge in [-0.1, -0.05) is 111 Å². The lowest BCUT2D eigenvalue weighted by atomic mass is 9.82. The van der Waals surface area contributed by atoms with Crippen LogP contribution < -0.4 is 4.90 Å². The Morgan fingerprint density at radius 2 is 1.19 bits per heavy atom. The van der Waals surface area contributed by atoms with Gasteiger partial charge in [-0.15, -0.1) is 0 Å². The van der Waals surface area contributed by atoms with Crippen molar-refractivity contribution in [2.45, 2.75) is 19.3 Å². The molecule has 0 saturated heterocycles. The fourth-order valence-electron chi connectivity index (χ4n) is 7.10. The van der Waals surface area contributed by atoms with Crippen LogP contribution in [0.2, 0.25) is 0 Å². The molecule has 8 rings (SSSR count). The zero-order chi connectivity index (χ0) is 29.3. The Labute approximate surface area is 252 Å². The van der Waals surface area contributed by atoms with Crippen LogP contribution in [0.1, 0.15) is 36.1 Å². The lowest BCUT2D eigenvalue weighted by molar-refractivity contribution is 0.627. The van der Waals surface area contributed by atoms with Crippen LogP contribution in [0.3, 0.4) is 0 Å². The van der Waals surface area contributed by atoms with Gasteiger partial charge < -0.3 is 4.90 Å². The first kappa shape index (κ1) is 25.5. The first-order valence-electron chi connectivity index (χ1n) is 14.7. The number of rotatable bonds is 4. The van der Waals surface area contributed by atoms with E-state index in [9.17, 15) is 4.39 Å². The fourth-order valence-corrected chi connectivity index (χ4v) is 7.10. The van der Waals surface area contributed by atoms with Crippen molar-refractivity contribution in [2.75, 3.05) is 4.90 Å². The van der Waals surface area contributed by atoms with Gasteiger partial charge in [-0.05, 0) is 98.1 Å². The molecular formula is C41H30FN. The Bertz CT molecular complexity index is 2070. The van der Waals surface area contributed by atoms with Crippen LogP contribution >= 0.6 is 0 Å². The molecule has 0 spiro atoms. The van der Waals surface area contributed by atoms with Crippen molar-refractivity contribution in [3.63, 3.8) is 0 Å². The molecule has 2 aliphatic rings. The summed E-state index contributed by atoms with van der Waals surface area (Å²) < 4.78 is 14.4. The summed E-state index contributed by atoms with van der Waals surface area (Å²) in [5, 5.41) is 0. The van der Waals surface area contributed by atoms with E-state index in [2.05, 4.69) is 135 Å². The van der Waals surface area contributed by atoms with Gasteiger partial charge in [0.2, 0.25) is 0 Å². The van der Waals surface area contributed by atoms with Gasteiger partial charge in [-0.3, -0.25) is 0 Å². The largest absolute Gasteiger partial charge is 0.310 e. The van der Waals surface area contributed by atoms with Crippen molar-refractivity contribution >= 4 is 22.6 Å². The van der Waals surface area contributed by atoms with Gasteiger partial charge >= 0.3 is 0 Å². The van der Waals surface area contributed by atoms with Gasteiger partial charge in [0, 0.05) is 22.4 Å². The Morgan fingerprint density at radius 3 is 2.00 bits per heavy atom. The number of anilines is 3. The first-order chi connectivity index (χ1) is 20.9. The van der Waals surface area contributed by atoms with Crippen molar-refractivity contribution in [3.8, 4) is 33.4 Å². The van der Waals surface area contributed by atoms with Gasteiger partial charge in [0.05, 0.1) is 5.69 Å². The SMILES string of the molecule is C=C1c2cc(F)ccc2-c2cccc(N(c3ccc(-c4ccccc4)cc3)c3ccc4c(c3)C(C)(C)c3ccccc3-4)c21. The maximum Gasteiger partial charge on any atom is 0.123 e. The van der Waals surface area contributed by atoms with Crippen LogP contribution in [0.5, 0.6) is 0 Å². The van der Waals surface area contributed by atoms with Crippen LogP contribution in [0, 0.1) is 5.82 Å². The number of fused-ring (bicyclic) bond motifs is 6. The molecule has 0 amide bonds. The minimum atomic E-state index is -0.247. The zero-order valence-corrected chi connectivity index (χ0v) is 24.2.